The summed E-state index contributed by atoms with van der Waals surface area (Å²) in [4.78, 5) is 27.8. The Balaban J connectivity index is 1.50. The normalized spacial score (nSPS) is 14.1. The van der Waals surface area contributed by atoms with E-state index in [1.807, 2.05) is 38.2 Å². The van der Waals surface area contributed by atoms with Gasteiger partial charge in [-0.25, -0.2) is 4.98 Å². The Morgan fingerprint density at radius 1 is 1.25 bits per heavy atom. The first kappa shape index (κ1) is 26.1. The second-order valence-electron chi connectivity index (χ2n) is 8.90. The van der Waals surface area contributed by atoms with E-state index in [-0.39, 0.29) is 12.0 Å². The molecule has 9 heteroatoms. The molecule has 1 aromatic carbocycles. The van der Waals surface area contributed by atoms with E-state index in [4.69, 9.17) is 4.74 Å². The summed E-state index contributed by atoms with van der Waals surface area (Å²) < 4.78 is 6.31. The molecule has 2 N–H and O–H groups in total. The summed E-state index contributed by atoms with van der Waals surface area (Å²) in [5.74, 6) is 1.14. The molecule has 1 fully saturated rings. The molecule has 4 rings (SSSR count). The third-order valence-electron chi connectivity index (χ3n) is 6.31. The van der Waals surface area contributed by atoms with Crippen LogP contribution in [-0.4, -0.2) is 56.1 Å². The van der Waals surface area contributed by atoms with E-state index < -0.39 is 0 Å². The van der Waals surface area contributed by atoms with Gasteiger partial charge in [-0.05, 0) is 68.9 Å². The highest BCUT2D eigenvalue weighted by atomic mass is 32.1. The van der Waals surface area contributed by atoms with Crippen molar-refractivity contribution in [3.63, 3.8) is 0 Å². The molecule has 0 spiro atoms. The molecule has 8 nitrogen and oxygen atoms in total. The highest BCUT2D eigenvalue weighted by Crippen LogP contribution is 2.29. The number of hydrogen-bond acceptors (Lipinski definition) is 8. The van der Waals surface area contributed by atoms with Crippen molar-refractivity contribution in [2.24, 2.45) is 0 Å². The van der Waals surface area contributed by atoms with Gasteiger partial charge in [-0.3, -0.25) is 4.79 Å². The molecule has 0 bridgehead atoms. The van der Waals surface area contributed by atoms with E-state index >= 15 is 0 Å². The Morgan fingerprint density at radius 3 is 2.81 bits per heavy atom. The lowest BCUT2D eigenvalue weighted by atomic mass is 10.1. The molecule has 1 amide bonds. The SMILES string of the molecule is CCNc1ncc(C(=O)N(C)c2cccc(COC(CCNC)c3cccs3)c2)c(N2CCCC2)n1. The second kappa shape index (κ2) is 12.8. The van der Waals surface area contributed by atoms with Crippen LogP contribution < -0.4 is 20.4 Å². The van der Waals surface area contributed by atoms with E-state index in [0.717, 1.165) is 56.7 Å². The Morgan fingerprint density at radius 2 is 2.08 bits per heavy atom. The summed E-state index contributed by atoms with van der Waals surface area (Å²) >= 11 is 1.72. The van der Waals surface area contributed by atoms with Crippen LogP contribution in [0.25, 0.3) is 0 Å². The molecular weight excluding hydrogens is 472 g/mol. The van der Waals surface area contributed by atoms with Crippen LogP contribution in [0.4, 0.5) is 17.5 Å². The molecule has 0 saturated carbocycles. The van der Waals surface area contributed by atoms with Gasteiger partial charge in [0.25, 0.3) is 5.91 Å². The van der Waals surface area contributed by atoms with Gasteiger partial charge in [0, 0.05) is 43.4 Å². The van der Waals surface area contributed by atoms with Crippen LogP contribution in [0.1, 0.15) is 53.1 Å². The minimum Gasteiger partial charge on any atom is -0.368 e. The van der Waals surface area contributed by atoms with Crippen LogP contribution in [0.5, 0.6) is 0 Å². The first-order valence-corrected chi connectivity index (χ1v) is 13.5. The first-order valence-electron chi connectivity index (χ1n) is 12.6. The lowest BCUT2D eigenvalue weighted by molar-refractivity contribution is 0.0368. The van der Waals surface area contributed by atoms with Crippen molar-refractivity contribution in [3.05, 3.63) is 64.0 Å². The Labute approximate surface area is 217 Å². The summed E-state index contributed by atoms with van der Waals surface area (Å²) in [6.07, 6.45) is 4.80. The zero-order chi connectivity index (χ0) is 25.3. The van der Waals surface area contributed by atoms with E-state index in [0.29, 0.717) is 23.9 Å². The molecule has 3 aromatic rings. The minimum absolute atomic E-state index is 0.0379. The largest absolute Gasteiger partial charge is 0.368 e. The van der Waals surface area contributed by atoms with Crippen molar-refractivity contribution in [1.82, 2.24) is 15.3 Å². The zero-order valence-electron chi connectivity index (χ0n) is 21.4. The van der Waals surface area contributed by atoms with Gasteiger partial charge in [0.05, 0.1) is 12.7 Å². The number of carbonyl (C=O) groups excluding carboxylic acids is 1. The van der Waals surface area contributed by atoms with Gasteiger partial charge in [0.1, 0.15) is 11.4 Å². The predicted molar refractivity (Wildman–Crippen MR) is 147 cm³/mol. The van der Waals surface area contributed by atoms with E-state index in [9.17, 15) is 4.79 Å². The summed E-state index contributed by atoms with van der Waals surface area (Å²) in [5.41, 5.74) is 2.36. The summed E-state index contributed by atoms with van der Waals surface area (Å²) in [6, 6.07) is 12.2. The highest BCUT2D eigenvalue weighted by Gasteiger charge is 2.25. The maximum atomic E-state index is 13.6. The molecule has 1 unspecified atom stereocenters. The molecule has 1 atom stereocenters. The fraction of sp³-hybridized carbons (Fsp3) is 0.444. The second-order valence-corrected chi connectivity index (χ2v) is 9.88. The molecule has 3 heterocycles. The van der Waals surface area contributed by atoms with Gasteiger partial charge in [0.2, 0.25) is 5.95 Å². The summed E-state index contributed by atoms with van der Waals surface area (Å²) in [6.45, 7) is 5.89. The smallest absolute Gasteiger partial charge is 0.263 e. The fourth-order valence-electron chi connectivity index (χ4n) is 4.34. The zero-order valence-corrected chi connectivity index (χ0v) is 22.2. The summed E-state index contributed by atoms with van der Waals surface area (Å²) in [5, 5.41) is 8.45. The van der Waals surface area contributed by atoms with Crippen molar-refractivity contribution in [2.75, 3.05) is 55.4 Å². The monoisotopic (exact) mass is 508 g/mol. The first-order chi connectivity index (χ1) is 17.6. The van der Waals surface area contributed by atoms with Crippen LogP contribution in [0.3, 0.4) is 0 Å². The third kappa shape index (κ3) is 6.40. The van der Waals surface area contributed by atoms with Crippen molar-refractivity contribution >= 4 is 34.7 Å². The van der Waals surface area contributed by atoms with Gasteiger partial charge in [-0.15, -0.1) is 11.3 Å². The van der Waals surface area contributed by atoms with Crippen molar-refractivity contribution < 1.29 is 9.53 Å². The molecule has 1 aliphatic heterocycles. The number of anilines is 3. The Hall–Kier alpha value is -3.01. The van der Waals surface area contributed by atoms with Gasteiger partial charge in [0.15, 0.2) is 0 Å². The molecule has 2 aromatic heterocycles. The predicted octanol–water partition coefficient (Wildman–Crippen LogP) is 4.71. The standard InChI is InChI=1S/C27H36N6O2S/c1-4-29-27-30-18-22(25(31-27)33-14-5-6-15-33)26(34)32(3)21-10-7-9-20(17-21)19-35-23(12-13-28-2)24-11-8-16-36-24/h7-11,16-18,23,28H,4-6,12-15,19H2,1-3H3,(H,29,30,31). The maximum Gasteiger partial charge on any atom is 0.263 e. The minimum atomic E-state index is -0.122. The number of nitrogens with zero attached hydrogens (tertiary/aromatic N) is 4. The Kier molecular flexibility index (Phi) is 9.27. The number of rotatable bonds is 12. The lowest BCUT2D eigenvalue weighted by Gasteiger charge is -2.24. The number of nitrogens with one attached hydrogen (secondary N) is 2. The average molecular weight is 509 g/mol. The van der Waals surface area contributed by atoms with Crippen LogP contribution in [0.15, 0.2) is 48.0 Å². The molecule has 192 valence electrons. The van der Waals surface area contributed by atoms with E-state index in [2.05, 4.69) is 43.0 Å². The maximum absolute atomic E-state index is 13.6. The van der Waals surface area contributed by atoms with E-state index in [1.165, 1.54) is 4.88 Å². The van der Waals surface area contributed by atoms with Crippen LogP contribution in [0.2, 0.25) is 0 Å². The number of ether oxygens (including phenoxy) is 1. The molecule has 0 radical (unpaired) electrons. The third-order valence-corrected chi connectivity index (χ3v) is 7.27. The molecule has 1 aliphatic rings. The van der Waals surface area contributed by atoms with Crippen LogP contribution in [-0.2, 0) is 11.3 Å². The van der Waals surface area contributed by atoms with Crippen molar-refractivity contribution in [2.45, 2.75) is 38.9 Å². The molecule has 0 aliphatic carbocycles. The Bertz CT molecular complexity index is 1120. The van der Waals surface area contributed by atoms with Crippen LogP contribution in [0, 0.1) is 0 Å². The number of benzene rings is 1. The quantitative estimate of drug-likeness (QED) is 0.366. The fourth-order valence-corrected chi connectivity index (χ4v) is 5.15. The number of thiophene rings is 1. The number of amides is 1. The van der Waals surface area contributed by atoms with Gasteiger partial charge < -0.3 is 25.2 Å². The molecule has 1 saturated heterocycles. The lowest BCUT2D eigenvalue weighted by Crippen LogP contribution is -2.30. The van der Waals surface area contributed by atoms with Gasteiger partial charge in [-0.2, -0.15) is 4.98 Å². The highest BCUT2D eigenvalue weighted by molar-refractivity contribution is 7.10. The van der Waals surface area contributed by atoms with Gasteiger partial charge >= 0.3 is 0 Å². The average Bonchev–Trinajstić information content (AvgIpc) is 3.63. The van der Waals surface area contributed by atoms with Crippen LogP contribution >= 0.6 is 11.3 Å². The topological polar surface area (TPSA) is 82.6 Å². The number of hydrogen-bond donors (Lipinski definition) is 2. The van der Waals surface area contributed by atoms with Crippen molar-refractivity contribution in [1.29, 1.82) is 0 Å². The summed E-state index contributed by atoms with van der Waals surface area (Å²) in [7, 11) is 3.76. The molecule has 36 heavy (non-hydrogen) atoms. The number of carbonyl (C=O) groups is 1. The van der Waals surface area contributed by atoms with Gasteiger partial charge in [-0.1, -0.05) is 18.2 Å². The number of aromatic nitrogens is 2. The van der Waals surface area contributed by atoms with Crippen molar-refractivity contribution in [3.8, 4) is 0 Å². The van der Waals surface area contributed by atoms with E-state index in [1.54, 1.807) is 29.5 Å². The molecular formula is C27H36N6O2S.